The number of ether oxygens (including phenoxy) is 1. The molecule has 0 radical (unpaired) electrons. The topological polar surface area (TPSA) is 48.1 Å². The van der Waals surface area contributed by atoms with Crippen molar-refractivity contribution in [3.05, 3.63) is 59.4 Å². The minimum Gasteiger partial charge on any atom is -0.485 e. The second-order valence-corrected chi connectivity index (χ2v) is 4.07. The number of para-hydroxylation sites is 1. The number of hydrogen-bond acceptors (Lipinski definition) is 3. The smallest absolute Gasteiger partial charge is 0.165 e. The van der Waals surface area contributed by atoms with E-state index in [2.05, 4.69) is 4.98 Å². The highest BCUT2D eigenvalue weighted by molar-refractivity contribution is 5.35. The third-order valence-electron chi connectivity index (χ3n) is 2.61. The van der Waals surface area contributed by atoms with Gasteiger partial charge in [0.1, 0.15) is 12.4 Å². The summed E-state index contributed by atoms with van der Waals surface area (Å²) in [6.07, 6.45) is 3.10. The van der Waals surface area contributed by atoms with Gasteiger partial charge in [-0.3, -0.25) is 4.98 Å². The number of nitrogens with two attached hydrogens (primary N) is 1. The molecule has 5 heteroatoms. The summed E-state index contributed by atoms with van der Waals surface area (Å²) in [4.78, 5) is 3.71. The molecular formula is C14H14F2N2O. The van der Waals surface area contributed by atoms with E-state index in [0.29, 0.717) is 24.1 Å². The Morgan fingerprint density at radius 2 is 2.05 bits per heavy atom. The summed E-state index contributed by atoms with van der Waals surface area (Å²) >= 11 is 0. The van der Waals surface area contributed by atoms with Crippen molar-refractivity contribution >= 4 is 0 Å². The average molecular weight is 264 g/mol. The molecule has 0 saturated carbocycles. The zero-order chi connectivity index (χ0) is 13.7. The molecule has 19 heavy (non-hydrogen) atoms. The summed E-state index contributed by atoms with van der Waals surface area (Å²) in [7, 11) is 0. The van der Waals surface area contributed by atoms with Gasteiger partial charge in [-0.1, -0.05) is 12.1 Å². The van der Waals surface area contributed by atoms with E-state index in [1.807, 2.05) is 0 Å². The number of benzene rings is 1. The molecule has 0 unspecified atom stereocenters. The summed E-state index contributed by atoms with van der Waals surface area (Å²) in [5, 5.41) is 0. The Hall–Kier alpha value is -2.01. The number of pyridine rings is 1. The predicted molar refractivity (Wildman–Crippen MR) is 67.7 cm³/mol. The molecule has 1 aromatic carbocycles. The predicted octanol–water partition coefficient (Wildman–Crippen LogP) is 2.44. The van der Waals surface area contributed by atoms with Crippen molar-refractivity contribution in [3.8, 4) is 5.75 Å². The fraction of sp³-hybridized carbons (Fsp3) is 0.214. The lowest BCUT2D eigenvalue weighted by Gasteiger charge is -2.11. The van der Waals surface area contributed by atoms with Crippen LogP contribution in [-0.4, -0.2) is 11.5 Å². The molecule has 0 amide bonds. The Bertz CT molecular complexity index is 561. The van der Waals surface area contributed by atoms with E-state index in [1.54, 1.807) is 12.1 Å². The van der Waals surface area contributed by atoms with Gasteiger partial charge in [0, 0.05) is 11.8 Å². The molecule has 2 N–H and O–H groups in total. The standard InChI is InChI=1S/C14H14F2N2O/c15-12-6-10(7-18-8-12)9-19-14-11(4-5-17)2-1-3-13(14)16/h1-3,6-8H,4-5,9,17H2. The first-order chi connectivity index (χ1) is 9.20. The molecule has 0 saturated heterocycles. The van der Waals surface area contributed by atoms with E-state index < -0.39 is 11.6 Å². The Balaban J connectivity index is 2.14. The van der Waals surface area contributed by atoms with Gasteiger partial charge in [-0.25, -0.2) is 8.78 Å². The summed E-state index contributed by atoms with van der Waals surface area (Å²) in [6, 6.07) is 5.99. The highest BCUT2D eigenvalue weighted by atomic mass is 19.1. The van der Waals surface area contributed by atoms with E-state index in [4.69, 9.17) is 10.5 Å². The maximum atomic E-state index is 13.7. The highest BCUT2D eigenvalue weighted by Crippen LogP contribution is 2.24. The van der Waals surface area contributed by atoms with E-state index in [1.165, 1.54) is 18.3 Å². The van der Waals surface area contributed by atoms with Crippen molar-refractivity contribution in [1.82, 2.24) is 4.98 Å². The van der Waals surface area contributed by atoms with Gasteiger partial charge in [0.15, 0.2) is 11.6 Å². The van der Waals surface area contributed by atoms with Crippen LogP contribution in [0.15, 0.2) is 36.7 Å². The van der Waals surface area contributed by atoms with Gasteiger partial charge >= 0.3 is 0 Å². The van der Waals surface area contributed by atoms with Crippen molar-refractivity contribution in [2.45, 2.75) is 13.0 Å². The molecule has 0 aliphatic heterocycles. The molecule has 0 atom stereocenters. The first-order valence-corrected chi connectivity index (χ1v) is 5.90. The van der Waals surface area contributed by atoms with Crippen molar-refractivity contribution in [2.75, 3.05) is 6.54 Å². The Labute approximate surface area is 110 Å². The Kier molecular flexibility index (Phi) is 4.41. The van der Waals surface area contributed by atoms with Gasteiger partial charge in [-0.15, -0.1) is 0 Å². The van der Waals surface area contributed by atoms with Crippen LogP contribution in [0.5, 0.6) is 5.75 Å². The SMILES string of the molecule is NCCc1cccc(F)c1OCc1cncc(F)c1. The lowest BCUT2D eigenvalue weighted by atomic mass is 10.1. The second-order valence-electron chi connectivity index (χ2n) is 4.07. The molecular weight excluding hydrogens is 250 g/mol. The van der Waals surface area contributed by atoms with Crippen molar-refractivity contribution in [1.29, 1.82) is 0 Å². The molecule has 2 rings (SSSR count). The number of hydrogen-bond donors (Lipinski definition) is 1. The number of halogens is 2. The zero-order valence-electron chi connectivity index (χ0n) is 10.3. The van der Waals surface area contributed by atoms with E-state index >= 15 is 0 Å². The molecule has 1 heterocycles. The minimum absolute atomic E-state index is 0.0588. The molecule has 0 spiro atoms. The average Bonchev–Trinajstić information content (AvgIpc) is 2.38. The first-order valence-electron chi connectivity index (χ1n) is 5.90. The van der Waals surface area contributed by atoms with Gasteiger partial charge in [-0.05, 0) is 30.7 Å². The van der Waals surface area contributed by atoms with Crippen LogP contribution in [-0.2, 0) is 13.0 Å². The monoisotopic (exact) mass is 264 g/mol. The lowest BCUT2D eigenvalue weighted by molar-refractivity contribution is 0.286. The second kappa shape index (κ2) is 6.24. The third-order valence-corrected chi connectivity index (χ3v) is 2.61. The molecule has 0 fully saturated rings. The Morgan fingerprint density at radius 1 is 1.21 bits per heavy atom. The summed E-state index contributed by atoms with van der Waals surface area (Å²) in [6.45, 7) is 0.463. The summed E-state index contributed by atoms with van der Waals surface area (Å²) < 4.78 is 32.1. The van der Waals surface area contributed by atoms with Gasteiger partial charge in [0.25, 0.3) is 0 Å². The van der Waals surface area contributed by atoms with Crippen molar-refractivity contribution in [2.24, 2.45) is 5.73 Å². The normalized spacial score (nSPS) is 10.5. The third kappa shape index (κ3) is 3.48. The number of aromatic nitrogens is 1. The largest absolute Gasteiger partial charge is 0.485 e. The molecule has 0 aliphatic rings. The number of rotatable bonds is 5. The van der Waals surface area contributed by atoms with Crippen molar-refractivity contribution < 1.29 is 13.5 Å². The molecule has 3 nitrogen and oxygen atoms in total. The van der Waals surface area contributed by atoms with Crippen LogP contribution in [0, 0.1) is 11.6 Å². The van der Waals surface area contributed by atoms with Crippen LogP contribution in [0.3, 0.4) is 0 Å². The molecule has 0 bridgehead atoms. The van der Waals surface area contributed by atoms with Crippen molar-refractivity contribution in [3.63, 3.8) is 0 Å². The maximum Gasteiger partial charge on any atom is 0.165 e. The summed E-state index contributed by atoms with van der Waals surface area (Å²) in [5.74, 6) is -0.732. The Morgan fingerprint density at radius 3 is 2.79 bits per heavy atom. The quantitative estimate of drug-likeness (QED) is 0.902. The minimum atomic E-state index is -0.449. The van der Waals surface area contributed by atoms with Crippen LogP contribution >= 0.6 is 0 Å². The fourth-order valence-electron chi connectivity index (χ4n) is 1.76. The van der Waals surface area contributed by atoms with Crippen LogP contribution in [0.1, 0.15) is 11.1 Å². The van der Waals surface area contributed by atoms with Gasteiger partial charge < -0.3 is 10.5 Å². The van der Waals surface area contributed by atoms with Gasteiger partial charge in [0.05, 0.1) is 6.20 Å². The molecule has 2 aromatic rings. The first kappa shape index (κ1) is 13.4. The molecule has 0 aliphatic carbocycles. The molecule has 1 aromatic heterocycles. The highest BCUT2D eigenvalue weighted by Gasteiger charge is 2.09. The zero-order valence-corrected chi connectivity index (χ0v) is 10.3. The molecule has 100 valence electrons. The lowest BCUT2D eigenvalue weighted by Crippen LogP contribution is -2.07. The summed E-state index contributed by atoms with van der Waals surface area (Å²) in [5.41, 5.74) is 6.71. The van der Waals surface area contributed by atoms with E-state index in [9.17, 15) is 8.78 Å². The van der Waals surface area contributed by atoms with E-state index in [0.717, 1.165) is 6.20 Å². The van der Waals surface area contributed by atoms with Gasteiger partial charge in [-0.2, -0.15) is 0 Å². The maximum absolute atomic E-state index is 13.7. The van der Waals surface area contributed by atoms with Crippen LogP contribution < -0.4 is 10.5 Å². The van der Waals surface area contributed by atoms with E-state index in [-0.39, 0.29) is 12.4 Å². The van der Waals surface area contributed by atoms with Crippen LogP contribution in [0.25, 0.3) is 0 Å². The van der Waals surface area contributed by atoms with Crippen LogP contribution in [0.4, 0.5) is 8.78 Å². The van der Waals surface area contributed by atoms with Gasteiger partial charge in [0.2, 0.25) is 0 Å². The fourth-order valence-corrected chi connectivity index (χ4v) is 1.76. The number of nitrogens with zero attached hydrogens (tertiary/aromatic N) is 1. The van der Waals surface area contributed by atoms with Crippen LogP contribution in [0.2, 0.25) is 0 Å².